The summed E-state index contributed by atoms with van der Waals surface area (Å²) in [5.41, 5.74) is 5.17. The molecule has 0 saturated carbocycles. The summed E-state index contributed by atoms with van der Waals surface area (Å²) in [5.74, 6) is -0.139. The van der Waals surface area contributed by atoms with Crippen LogP contribution in [-0.4, -0.2) is 37.2 Å². The van der Waals surface area contributed by atoms with Crippen LogP contribution in [0.4, 0.5) is 5.82 Å². The van der Waals surface area contributed by atoms with Gasteiger partial charge in [0.2, 0.25) is 0 Å². The highest BCUT2D eigenvalue weighted by Gasteiger charge is 2.17. The molecular weight excluding hydrogens is 276 g/mol. The maximum atomic E-state index is 12.1. The first-order valence-electron chi connectivity index (χ1n) is 6.13. The van der Waals surface area contributed by atoms with Crippen molar-refractivity contribution in [1.82, 2.24) is 24.2 Å². The Balaban J connectivity index is 2.28. The van der Waals surface area contributed by atoms with E-state index < -0.39 is 11.2 Å². The number of aromatic amines is 1. The van der Waals surface area contributed by atoms with Crippen molar-refractivity contribution in [2.24, 2.45) is 14.1 Å². The zero-order valence-electron chi connectivity index (χ0n) is 12.0. The van der Waals surface area contributed by atoms with Crippen LogP contribution < -0.4 is 17.0 Å². The van der Waals surface area contributed by atoms with E-state index in [0.29, 0.717) is 5.56 Å². The summed E-state index contributed by atoms with van der Waals surface area (Å²) < 4.78 is 2.30. The zero-order valence-corrected chi connectivity index (χ0v) is 12.0. The van der Waals surface area contributed by atoms with Gasteiger partial charge in [0.25, 0.3) is 11.5 Å². The molecule has 0 aliphatic rings. The number of rotatable bonds is 3. The van der Waals surface area contributed by atoms with E-state index in [2.05, 4.69) is 10.2 Å². The molecule has 0 saturated heterocycles. The summed E-state index contributed by atoms with van der Waals surface area (Å²) in [7, 11) is 4.48. The number of carbonyl (C=O) groups is 1. The second-order valence-corrected chi connectivity index (χ2v) is 4.78. The number of anilines is 1. The van der Waals surface area contributed by atoms with Gasteiger partial charge < -0.3 is 15.2 Å². The fourth-order valence-electron chi connectivity index (χ4n) is 1.97. The Hall–Kier alpha value is -2.84. The Labute approximate surface area is 119 Å². The van der Waals surface area contributed by atoms with Crippen molar-refractivity contribution < 1.29 is 4.79 Å². The number of nitrogens with two attached hydrogens (primary N) is 1. The first kappa shape index (κ1) is 14.6. The van der Waals surface area contributed by atoms with Gasteiger partial charge in [0.1, 0.15) is 11.5 Å². The molecule has 3 N–H and O–H groups in total. The highest BCUT2D eigenvalue weighted by atomic mass is 16.2. The van der Waals surface area contributed by atoms with Crippen molar-refractivity contribution in [3.8, 4) is 0 Å². The maximum absolute atomic E-state index is 12.1. The van der Waals surface area contributed by atoms with Gasteiger partial charge in [-0.05, 0) is 0 Å². The molecule has 0 atom stereocenters. The lowest BCUT2D eigenvalue weighted by molar-refractivity contribution is 0.0778. The normalized spacial score (nSPS) is 10.6. The Morgan fingerprint density at radius 2 is 2.10 bits per heavy atom. The molecule has 0 aliphatic carbocycles. The monoisotopic (exact) mass is 292 g/mol. The first-order valence-corrected chi connectivity index (χ1v) is 6.13. The SMILES string of the molecule is CN(Cc1cn(C)c(=O)n(C)c1=O)C(=O)c1cc(N)n[nH]1. The standard InChI is InChI=1S/C12H16N6O3/c1-16(11(20)8-4-9(13)15-14-8)5-7-6-17(2)12(21)18(3)10(7)19/h4,6H,5H2,1-3H3,(H3,13,14,15). The van der Waals surface area contributed by atoms with E-state index in [0.717, 1.165) is 4.57 Å². The third-order valence-electron chi connectivity index (χ3n) is 3.10. The molecule has 0 fully saturated rings. The van der Waals surface area contributed by atoms with E-state index in [1.807, 2.05) is 0 Å². The van der Waals surface area contributed by atoms with Gasteiger partial charge in [0.15, 0.2) is 0 Å². The van der Waals surface area contributed by atoms with Crippen LogP contribution in [0.15, 0.2) is 21.9 Å². The number of nitrogen functional groups attached to an aromatic ring is 1. The number of carbonyl (C=O) groups excluding carboxylic acids is 1. The third kappa shape index (κ3) is 2.71. The number of nitrogens with zero attached hydrogens (tertiary/aromatic N) is 4. The van der Waals surface area contributed by atoms with Crippen LogP contribution in [-0.2, 0) is 20.6 Å². The van der Waals surface area contributed by atoms with Crippen LogP contribution in [0.2, 0.25) is 0 Å². The van der Waals surface area contributed by atoms with Gasteiger partial charge in [0.05, 0.1) is 12.1 Å². The van der Waals surface area contributed by atoms with E-state index in [1.165, 1.54) is 28.8 Å². The van der Waals surface area contributed by atoms with Crippen molar-refractivity contribution in [2.75, 3.05) is 12.8 Å². The molecular formula is C12H16N6O3. The van der Waals surface area contributed by atoms with Crippen LogP contribution in [0, 0.1) is 0 Å². The summed E-state index contributed by atoms with van der Waals surface area (Å²) in [6.07, 6.45) is 1.43. The summed E-state index contributed by atoms with van der Waals surface area (Å²) in [4.78, 5) is 37.1. The molecule has 2 heterocycles. The average Bonchev–Trinajstić information content (AvgIpc) is 2.88. The van der Waals surface area contributed by atoms with Crippen LogP contribution in [0.5, 0.6) is 0 Å². The van der Waals surface area contributed by atoms with E-state index in [9.17, 15) is 14.4 Å². The van der Waals surface area contributed by atoms with Crippen molar-refractivity contribution in [3.63, 3.8) is 0 Å². The molecule has 0 aromatic carbocycles. The van der Waals surface area contributed by atoms with Crippen LogP contribution in [0.1, 0.15) is 16.1 Å². The molecule has 0 aliphatic heterocycles. The highest BCUT2D eigenvalue weighted by Crippen LogP contribution is 2.06. The van der Waals surface area contributed by atoms with Gasteiger partial charge in [0, 0.05) is 33.4 Å². The number of nitrogens with one attached hydrogen (secondary N) is 1. The minimum absolute atomic E-state index is 0.0680. The third-order valence-corrected chi connectivity index (χ3v) is 3.10. The van der Waals surface area contributed by atoms with Crippen molar-refractivity contribution >= 4 is 11.7 Å². The molecule has 2 aromatic heterocycles. The molecule has 0 radical (unpaired) electrons. The largest absolute Gasteiger partial charge is 0.382 e. The minimum Gasteiger partial charge on any atom is -0.382 e. The Bertz CT molecular complexity index is 800. The number of H-pyrrole nitrogens is 1. The summed E-state index contributed by atoms with van der Waals surface area (Å²) in [6, 6.07) is 1.41. The Morgan fingerprint density at radius 3 is 2.67 bits per heavy atom. The molecule has 2 aromatic rings. The van der Waals surface area contributed by atoms with Crippen molar-refractivity contribution in [3.05, 3.63) is 44.4 Å². The topological polar surface area (TPSA) is 119 Å². The Kier molecular flexibility index (Phi) is 3.66. The lowest BCUT2D eigenvalue weighted by atomic mass is 10.3. The van der Waals surface area contributed by atoms with Gasteiger partial charge in [-0.3, -0.25) is 19.3 Å². The van der Waals surface area contributed by atoms with E-state index in [-0.39, 0.29) is 24.0 Å². The number of hydrogen-bond acceptors (Lipinski definition) is 5. The Morgan fingerprint density at radius 1 is 1.43 bits per heavy atom. The number of aryl methyl sites for hydroxylation is 1. The molecule has 1 amide bonds. The predicted molar refractivity (Wildman–Crippen MR) is 75.7 cm³/mol. The van der Waals surface area contributed by atoms with Crippen LogP contribution in [0.25, 0.3) is 0 Å². The fourth-order valence-corrected chi connectivity index (χ4v) is 1.97. The quantitative estimate of drug-likeness (QED) is 0.726. The molecule has 9 heteroatoms. The van der Waals surface area contributed by atoms with Gasteiger partial charge in [-0.15, -0.1) is 0 Å². The zero-order chi connectivity index (χ0) is 15.7. The first-order chi connectivity index (χ1) is 9.81. The van der Waals surface area contributed by atoms with Crippen molar-refractivity contribution in [2.45, 2.75) is 6.54 Å². The molecule has 0 unspecified atom stereocenters. The predicted octanol–water partition coefficient (Wildman–Crippen LogP) is -1.34. The van der Waals surface area contributed by atoms with Crippen LogP contribution in [0.3, 0.4) is 0 Å². The van der Waals surface area contributed by atoms with E-state index in [4.69, 9.17) is 5.73 Å². The smallest absolute Gasteiger partial charge is 0.330 e. The average molecular weight is 292 g/mol. The van der Waals surface area contributed by atoms with Gasteiger partial charge in [-0.2, -0.15) is 5.10 Å². The van der Waals surface area contributed by atoms with E-state index >= 15 is 0 Å². The maximum Gasteiger partial charge on any atom is 0.330 e. The summed E-state index contributed by atoms with van der Waals surface area (Å²) in [5, 5.41) is 6.19. The lowest BCUT2D eigenvalue weighted by Crippen LogP contribution is -2.40. The van der Waals surface area contributed by atoms with E-state index in [1.54, 1.807) is 14.1 Å². The number of hydrogen-bond donors (Lipinski definition) is 2. The lowest BCUT2D eigenvalue weighted by Gasteiger charge is -2.16. The number of amides is 1. The van der Waals surface area contributed by atoms with Gasteiger partial charge >= 0.3 is 5.69 Å². The van der Waals surface area contributed by atoms with Crippen LogP contribution >= 0.6 is 0 Å². The molecule has 9 nitrogen and oxygen atoms in total. The van der Waals surface area contributed by atoms with Gasteiger partial charge in [-0.1, -0.05) is 0 Å². The molecule has 21 heavy (non-hydrogen) atoms. The fraction of sp³-hybridized carbons (Fsp3) is 0.333. The van der Waals surface area contributed by atoms with Crippen molar-refractivity contribution in [1.29, 1.82) is 0 Å². The second-order valence-electron chi connectivity index (χ2n) is 4.78. The molecule has 112 valence electrons. The molecule has 2 rings (SSSR count). The number of aromatic nitrogens is 4. The summed E-state index contributed by atoms with van der Waals surface area (Å²) >= 11 is 0. The highest BCUT2D eigenvalue weighted by molar-refractivity contribution is 5.92. The second kappa shape index (κ2) is 5.27. The summed E-state index contributed by atoms with van der Waals surface area (Å²) in [6.45, 7) is 0.0680. The van der Waals surface area contributed by atoms with Gasteiger partial charge in [-0.25, -0.2) is 4.79 Å². The minimum atomic E-state index is -0.429. The molecule has 0 bridgehead atoms. The molecule has 0 spiro atoms.